The predicted octanol–water partition coefficient (Wildman–Crippen LogP) is 4.49. The van der Waals surface area contributed by atoms with E-state index in [-0.39, 0.29) is 5.91 Å². The fourth-order valence-electron chi connectivity index (χ4n) is 4.59. The first-order valence-corrected chi connectivity index (χ1v) is 11.2. The van der Waals surface area contributed by atoms with E-state index in [1.54, 1.807) is 0 Å². The van der Waals surface area contributed by atoms with Crippen LogP contribution in [0.1, 0.15) is 74.5 Å². The summed E-state index contributed by atoms with van der Waals surface area (Å²) in [7, 11) is 0. The summed E-state index contributed by atoms with van der Waals surface area (Å²) in [4.78, 5) is 21.8. The van der Waals surface area contributed by atoms with E-state index >= 15 is 0 Å². The Kier molecular flexibility index (Phi) is 6.13. The number of hydrogen-bond acceptors (Lipinski definition) is 4. The number of amides is 1. The van der Waals surface area contributed by atoms with E-state index in [1.807, 2.05) is 35.8 Å². The van der Waals surface area contributed by atoms with Crippen LogP contribution in [-0.2, 0) is 0 Å². The topological polar surface area (TPSA) is 76.4 Å². The predicted molar refractivity (Wildman–Crippen MR) is 120 cm³/mol. The van der Waals surface area contributed by atoms with Crippen LogP contribution in [0.5, 0.6) is 0 Å². The number of nitrogens with two attached hydrogens (primary N) is 1. The van der Waals surface area contributed by atoms with Crippen molar-refractivity contribution in [3.05, 3.63) is 47.8 Å². The van der Waals surface area contributed by atoms with Gasteiger partial charge in [-0.2, -0.15) is 4.98 Å². The van der Waals surface area contributed by atoms with Crippen molar-refractivity contribution >= 4 is 28.6 Å². The normalized spacial score (nSPS) is 14.7. The van der Waals surface area contributed by atoms with Crippen molar-refractivity contribution in [3.8, 4) is 0 Å². The number of nitrogens with one attached hydrogen (secondary N) is 1. The van der Waals surface area contributed by atoms with Crippen LogP contribution in [0.3, 0.4) is 0 Å². The minimum absolute atomic E-state index is 0.129. The fraction of sp³-hybridized carbons (Fsp3) is 0.458. The first-order valence-electron chi connectivity index (χ1n) is 11.2. The van der Waals surface area contributed by atoms with E-state index in [4.69, 9.17) is 4.98 Å². The average molecular weight is 407 g/mol. The molecule has 0 bridgehead atoms. The number of benzene rings is 1. The van der Waals surface area contributed by atoms with Gasteiger partial charge in [0.25, 0.3) is 0 Å². The molecule has 1 saturated carbocycles. The molecule has 6 heteroatoms. The molecular formula is C24H32N5O+. The average Bonchev–Trinajstić information content (AvgIpc) is 3.37. The molecular weight excluding hydrogens is 374 g/mol. The molecule has 0 saturated heterocycles. The van der Waals surface area contributed by atoms with Gasteiger partial charge >= 0.3 is 5.91 Å². The Morgan fingerprint density at radius 3 is 2.57 bits per heavy atom. The summed E-state index contributed by atoms with van der Waals surface area (Å²) in [5, 5.41) is 6.26. The van der Waals surface area contributed by atoms with E-state index in [0.717, 1.165) is 48.0 Å². The number of hydrogen-bond donors (Lipinski definition) is 2. The van der Waals surface area contributed by atoms with E-state index in [2.05, 4.69) is 41.7 Å². The summed E-state index contributed by atoms with van der Waals surface area (Å²) in [6.45, 7) is 6.56. The number of fused-ring (bicyclic) bond motifs is 1. The highest BCUT2D eigenvalue weighted by molar-refractivity contribution is 5.87. The third kappa shape index (κ3) is 4.24. The lowest BCUT2D eigenvalue weighted by molar-refractivity contribution is -0.592. The molecule has 0 radical (unpaired) electrons. The van der Waals surface area contributed by atoms with Gasteiger partial charge in [-0.1, -0.05) is 13.8 Å². The number of anilines is 2. The van der Waals surface area contributed by atoms with Crippen LogP contribution in [-0.4, -0.2) is 26.5 Å². The molecule has 1 fully saturated rings. The van der Waals surface area contributed by atoms with Crippen molar-refractivity contribution in [1.29, 1.82) is 0 Å². The summed E-state index contributed by atoms with van der Waals surface area (Å²) in [6, 6.07) is 10.6. The second-order valence-electron chi connectivity index (χ2n) is 8.38. The Hall–Kier alpha value is -2.73. The fourth-order valence-corrected chi connectivity index (χ4v) is 4.59. The molecule has 1 aromatic carbocycles. The molecule has 6 nitrogen and oxygen atoms in total. The zero-order chi connectivity index (χ0) is 21.1. The summed E-state index contributed by atoms with van der Waals surface area (Å²) in [6.07, 6.45) is 8.78. The van der Waals surface area contributed by atoms with Gasteiger partial charge in [0.05, 0.1) is 11.6 Å². The lowest BCUT2D eigenvalue weighted by Crippen LogP contribution is -2.92. The molecule has 4 rings (SSSR count). The van der Waals surface area contributed by atoms with Crippen LogP contribution in [0.15, 0.2) is 36.5 Å². The van der Waals surface area contributed by atoms with Gasteiger partial charge in [-0.25, -0.2) is 9.78 Å². The number of aryl methyl sites for hydroxylation is 1. The van der Waals surface area contributed by atoms with Gasteiger partial charge in [0, 0.05) is 29.0 Å². The van der Waals surface area contributed by atoms with Crippen molar-refractivity contribution < 1.29 is 10.1 Å². The Labute approximate surface area is 178 Å². The van der Waals surface area contributed by atoms with Crippen LogP contribution in [0, 0.1) is 6.92 Å². The molecule has 1 aliphatic carbocycles. The maximum absolute atomic E-state index is 12.5. The van der Waals surface area contributed by atoms with Crippen molar-refractivity contribution in [1.82, 2.24) is 14.5 Å². The molecule has 2 aromatic heterocycles. The molecule has 0 spiro atoms. The summed E-state index contributed by atoms with van der Waals surface area (Å²) >= 11 is 0. The maximum atomic E-state index is 12.5. The molecule has 0 unspecified atom stereocenters. The quantitative estimate of drug-likeness (QED) is 0.606. The minimum atomic E-state index is 0.129. The highest BCUT2D eigenvalue weighted by atomic mass is 16.1. The molecule has 1 aliphatic rings. The number of rotatable bonds is 7. The number of aromatic nitrogens is 3. The van der Waals surface area contributed by atoms with E-state index in [0.29, 0.717) is 18.0 Å². The minimum Gasteiger partial charge on any atom is -0.327 e. The van der Waals surface area contributed by atoms with Gasteiger partial charge in [-0.05, 0) is 75.8 Å². The van der Waals surface area contributed by atoms with Crippen molar-refractivity contribution in [2.24, 2.45) is 0 Å². The SMILES string of the molecule is CCC(CC)n1c(C)cc2cnc(Nc3ccc(C(=O)[NH2+]C4CCCC4)cc3)nc21. The smallest absolute Gasteiger partial charge is 0.327 e. The summed E-state index contributed by atoms with van der Waals surface area (Å²) < 4.78 is 2.32. The van der Waals surface area contributed by atoms with Crippen LogP contribution in [0.25, 0.3) is 11.0 Å². The standard InChI is InChI=1S/C24H31N5O/c1-4-21(5-2)29-16(3)14-18-15-25-24(28-22(18)29)27-20-12-10-17(11-13-20)23(30)26-19-8-6-7-9-19/h10-15,19,21H,4-9H2,1-3H3,(H,26,30)(H,25,27,28)/p+1. The van der Waals surface area contributed by atoms with E-state index < -0.39 is 0 Å². The number of primary amides is 1. The van der Waals surface area contributed by atoms with Crippen LogP contribution < -0.4 is 10.6 Å². The van der Waals surface area contributed by atoms with Crippen LogP contribution in [0.4, 0.5) is 11.6 Å². The number of quaternary nitrogens is 1. The second kappa shape index (κ2) is 8.96. The molecule has 2 heterocycles. The molecule has 1 amide bonds. The van der Waals surface area contributed by atoms with E-state index in [1.165, 1.54) is 18.5 Å². The highest BCUT2D eigenvalue weighted by Crippen LogP contribution is 2.27. The maximum Gasteiger partial charge on any atom is 0.342 e. The number of carbonyl (C=O) groups is 1. The molecule has 3 N–H and O–H groups in total. The van der Waals surface area contributed by atoms with Gasteiger partial charge in [0.1, 0.15) is 5.65 Å². The number of carbonyl (C=O) groups excluding carboxylic acids is 1. The van der Waals surface area contributed by atoms with Gasteiger partial charge in [-0.15, -0.1) is 0 Å². The summed E-state index contributed by atoms with van der Waals surface area (Å²) in [5.74, 6) is 0.703. The van der Waals surface area contributed by atoms with Crippen molar-refractivity contribution in [2.45, 2.75) is 71.4 Å². The Balaban J connectivity index is 1.51. The highest BCUT2D eigenvalue weighted by Gasteiger charge is 2.22. The van der Waals surface area contributed by atoms with Crippen LogP contribution >= 0.6 is 0 Å². The van der Waals surface area contributed by atoms with Gasteiger partial charge < -0.3 is 9.88 Å². The van der Waals surface area contributed by atoms with E-state index in [9.17, 15) is 4.79 Å². The first-order chi connectivity index (χ1) is 14.6. The molecule has 158 valence electrons. The summed E-state index contributed by atoms with van der Waals surface area (Å²) in [5.41, 5.74) is 3.80. The molecule has 0 atom stereocenters. The molecule has 30 heavy (non-hydrogen) atoms. The number of nitrogens with zero attached hydrogens (tertiary/aromatic N) is 3. The largest absolute Gasteiger partial charge is 0.342 e. The van der Waals surface area contributed by atoms with Gasteiger partial charge in [0.15, 0.2) is 0 Å². The third-order valence-corrected chi connectivity index (χ3v) is 6.29. The zero-order valence-corrected chi connectivity index (χ0v) is 18.2. The zero-order valence-electron chi connectivity index (χ0n) is 18.2. The Morgan fingerprint density at radius 2 is 1.90 bits per heavy atom. The Morgan fingerprint density at radius 1 is 1.20 bits per heavy atom. The van der Waals surface area contributed by atoms with Crippen LogP contribution in [0.2, 0.25) is 0 Å². The first kappa shape index (κ1) is 20.5. The Bertz CT molecular complexity index is 1010. The lowest BCUT2D eigenvalue weighted by Gasteiger charge is -2.18. The third-order valence-electron chi connectivity index (χ3n) is 6.29. The van der Waals surface area contributed by atoms with Gasteiger partial charge in [0.2, 0.25) is 5.95 Å². The molecule has 0 aliphatic heterocycles. The van der Waals surface area contributed by atoms with Gasteiger partial charge in [-0.3, -0.25) is 5.32 Å². The molecule has 3 aromatic rings. The monoisotopic (exact) mass is 406 g/mol. The second-order valence-corrected chi connectivity index (χ2v) is 8.38. The van der Waals surface area contributed by atoms with Crippen molar-refractivity contribution in [3.63, 3.8) is 0 Å². The van der Waals surface area contributed by atoms with Crippen molar-refractivity contribution in [2.75, 3.05) is 5.32 Å². The lowest BCUT2D eigenvalue weighted by atomic mass is 10.1.